The van der Waals surface area contributed by atoms with Crippen molar-refractivity contribution in [3.05, 3.63) is 63.3 Å². The van der Waals surface area contributed by atoms with Crippen LogP contribution < -0.4 is 9.47 Å². The lowest BCUT2D eigenvalue weighted by Crippen LogP contribution is -2.28. The topological polar surface area (TPSA) is 79.6 Å². The van der Waals surface area contributed by atoms with Crippen molar-refractivity contribution in [3.63, 3.8) is 0 Å². The molecule has 0 spiro atoms. The average molecular weight is 447 g/mol. The van der Waals surface area contributed by atoms with E-state index < -0.39 is 17.0 Å². The summed E-state index contributed by atoms with van der Waals surface area (Å²) in [6, 6.07) is 11.0. The van der Waals surface area contributed by atoms with Crippen molar-refractivity contribution in [1.82, 2.24) is 4.90 Å². The van der Waals surface area contributed by atoms with Crippen LogP contribution in [0, 0.1) is 17.1 Å². The van der Waals surface area contributed by atoms with Crippen LogP contribution in [0.1, 0.15) is 18.1 Å². The van der Waals surface area contributed by atoms with Crippen molar-refractivity contribution < 1.29 is 23.5 Å². The molecule has 0 N–H and O–H groups in total. The number of ether oxygens (including phenoxy) is 2. The van der Waals surface area contributed by atoms with E-state index in [-0.39, 0.29) is 28.6 Å². The van der Waals surface area contributed by atoms with Crippen LogP contribution in [0.4, 0.5) is 9.18 Å². The van der Waals surface area contributed by atoms with E-state index in [9.17, 15) is 14.0 Å². The van der Waals surface area contributed by atoms with Crippen LogP contribution in [0.2, 0.25) is 5.02 Å². The molecule has 0 radical (unpaired) electrons. The highest BCUT2D eigenvalue weighted by Crippen LogP contribution is 2.36. The Kier molecular flexibility index (Phi) is 6.98. The minimum atomic E-state index is -0.583. The Balaban J connectivity index is 1.84. The number of nitriles is 1. The molecule has 1 fully saturated rings. The smallest absolute Gasteiger partial charge is 0.293 e. The van der Waals surface area contributed by atoms with Crippen molar-refractivity contribution in [1.29, 1.82) is 5.26 Å². The van der Waals surface area contributed by atoms with Crippen molar-refractivity contribution in [2.45, 2.75) is 13.5 Å². The third-order valence-corrected chi connectivity index (χ3v) is 5.37. The molecule has 2 aromatic rings. The zero-order valence-electron chi connectivity index (χ0n) is 15.9. The summed E-state index contributed by atoms with van der Waals surface area (Å²) in [6.07, 6.45) is 1.55. The Morgan fingerprint density at radius 1 is 1.23 bits per heavy atom. The molecule has 1 heterocycles. The average Bonchev–Trinajstić information content (AvgIpc) is 2.97. The van der Waals surface area contributed by atoms with Crippen molar-refractivity contribution >= 4 is 40.6 Å². The zero-order valence-corrected chi connectivity index (χ0v) is 17.4. The van der Waals surface area contributed by atoms with E-state index in [4.69, 9.17) is 26.3 Å². The van der Waals surface area contributed by atoms with Gasteiger partial charge in [0.15, 0.2) is 18.1 Å². The minimum absolute atomic E-state index is 0.0837. The molecule has 2 amide bonds. The van der Waals surface area contributed by atoms with Crippen LogP contribution >= 0.6 is 23.4 Å². The highest BCUT2D eigenvalue weighted by Gasteiger charge is 2.36. The fourth-order valence-electron chi connectivity index (χ4n) is 2.74. The molecule has 1 aliphatic rings. The number of rotatable bonds is 7. The van der Waals surface area contributed by atoms with Gasteiger partial charge in [0, 0.05) is 10.6 Å². The number of amides is 2. The first kappa shape index (κ1) is 21.7. The van der Waals surface area contributed by atoms with E-state index in [1.54, 1.807) is 31.2 Å². The monoisotopic (exact) mass is 446 g/mol. The first-order valence-corrected chi connectivity index (χ1v) is 10.1. The molecule has 154 valence electrons. The molecule has 0 unspecified atom stereocenters. The Bertz CT molecular complexity index is 1050. The maximum Gasteiger partial charge on any atom is 0.293 e. The van der Waals surface area contributed by atoms with Gasteiger partial charge >= 0.3 is 0 Å². The molecule has 3 rings (SSSR count). The van der Waals surface area contributed by atoms with Crippen LogP contribution in [-0.2, 0) is 11.3 Å². The molecule has 2 aromatic carbocycles. The molecule has 0 aromatic heterocycles. The molecule has 1 saturated heterocycles. The standard InChI is InChI=1S/C21H16ClFN2O4S/c1-2-28-18-10-13(6-7-17(18)29-9-8-24)11-19-20(26)25(21(27)30-19)12-14-15(22)4-3-5-16(14)23/h3-7,10-11H,2,9,12H2,1H3/b19-11-. The Morgan fingerprint density at radius 3 is 2.73 bits per heavy atom. The summed E-state index contributed by atoms with van der Waals surface area (Å²) in [4.78, 5) is 26.2. The van der Waals surface area contributed by atoms with Gasteiger partial charge in [-0.3, -0.25) is 14.5 Å². The molecule has 0 saturated carbocycles. The molecular formula is C21H16ClFN2O4S. The lowest BCUT2D eigenvalue weighted by Gasteiger charge is -2.14. The summed E-state index contributed by atoms with van der Waals surface area (Å²) >= 11 is 6.77. The van der Waals surface area contributed by atoms with Gasteiger partial charge in [-0.2, -0.15) is 5.26 Å². The van der Waals surface area contributed by atoms with E-state index in [2.05, 4.69) is 0 Å². The van der Waals surface area contributed by atoms with E-state index in [1.807, 2.05) is 6.07 Å². The first-order chi connectivity index (χ1) is 14.4. The number of thioether (sulfide) groups is 1. The van der Waals surface area contributed by atoms with Crippen molar-refractivity contribution in [3.8, 4) is 17.6 Å². The van der Waals surface area contributed by atoms with Gasteiger partial charge in [-0.15, -0.1) is 0 Å². The molecule has 9 heteroatoms. The number of imide groups is 1. The lowest BCUT2D eigenvalue weighted by atomic mass is 10.1. The Hall–Kier alpha value is -3.02. The van der Waals surface area contributed by atoms with Gasteiger partial charge in [0.05, 0.1) is 18.1 Å². The van der Waals surface area contributed by atoms with Crippen molar-refractivity contribution in [2.24, 2.45) is 0 Å². The van der Waals surface area contributed by atoms with Gasteiger partial charge in [0.2, 0.25) is 0 Å². The van der Waals surface area contributed by atoms with Crippen LogP contribution in [0.15, 0.2) is 41.3 Å². The number of hydrogen-bond donors (Lipinski definition) is 0. The van der Waals surface area contributed by atoms with E-state index in [0.29, 0.717) is 23.7 Å². The van der Waals surface area contributed by atoms with Crippen LogP contribution in [0.25, 0.3) is 6.08 Å². The fraction of sp³-hybridized carbons (Fsp3) is 0.190. The number of carbonyl (C=O) groups excluding carboxylic acids is 2. The summed E-state index contributed by atoms with van der Waals surface area (Å²) in [7, 11) is 0. The van der Waals surface area contributed by atoms with Gasteiger partial charge in [0.25, 0.3) is 11.1 Å². The summed E-state index contributed by atoms with van der Waals surface area (Å²) in [5.74, 6) is -0.302. The largest absolute Gasteiger partial charge is 0.490 e. The van der Waals surface area contributed by atoms with Crippen molar-refractivity contribution in [2.75, 3.05) is 13.2 Å². The van der Waals surface area contributed by atoms with Gasteiger partial charge < -0.3 is 9.47 Å². The molecule has 0 atom stereocenters. The highest BCUT2D eigenvalue weighted by atomic mass is 35.5. The summed E-state index contributed by atoms with van der Waals surface area (Å²) < 4.78 is 24.9. The normalized spacial score (nSPS) is 14.9. The number of halogens is 2. The molecule has 30 heavy (non-hydrogen) atoms. The second kappa shape index (κ2) is 9.65. The highest BCUT2D eigenvalue weighted by molar-refractivity contribution is 8.18. The maximum atomic E-state index is 14.0. The van der Waals surface area contributed by atoms with Gasteiger partial charge in [0.1, 0.15) is 11.9 Å². The first-order valence-electron chi connectivity index (χ1n) is 8.89. The number of carbonyl (C=O) groups is 2. The SMILES string of the molecule is CCOc1cc(/C=C2\SC(=O)N(Cc3c(F)cccc3Cl)C2=O)ccc1OCC#N. The molecule has 1 aliphatic heterocycles. The summed E-state index contributed by atoms with van der Waals surface area (Å²) in [5.41, 5.74) is 0.692. The summed E-state index contributed by atoms with van der Waals surface area (Å²) in [5, 5.41) is 8.31. The molecular weight excluding hydrogens is 431 g/mol. The second-order valence-corrected chi connectivity index (χ2v) is 7.45. The predicted molar refractivity (Wildman–Crippen MR) is 112 cm³/mol. The number of hydrogen-bond acceptors (Lipinski definition) is 6. The number of nitrogens with zero attached hydrogens (tertiary/aromatic N) is 2. The third-order valence-electron chi connectivity index (χ3n) is 4.11. The zero-order chi connectivity index (χ0) is 21.7. The Labute approximate surface area is 181 Å². The van der Waals surface area contributed by atoms with Gasteiger partial charge in [-0.1, -0.05) is 23.7 Å². The maximum absolute atomic E-state index is 14.0. The Morgan fingerprint density at radius 2 is 2.03 bits per heavy atom. The second-order valence-electron chi connectivity index (χ2n) is 6.05. The third kappa shape index (κ3) is 4.75. The van der Waals surface area contributed by atoms with Gasteiger partial charge in [-0.05, 0) is 54.6 Å². The molecule has 0 bridgehead atoms. The van der Waals surface area contributed by atoms with Crippen LogP contribution in [0.3, 0.4) is 0 Å². The predicted octanol–water partition coefficient (Wildman–Crippen LogP) is 5.02. The number of benzene rings is 2. The van der Waals surface area contributed by atoms with E-state index in [1.165, 1.54) is 18.2 Å². The molecule has 6 nitrogen and oxygen atoms in total. The van der Waals surface area contributed by atoms with E-state index in [0.717, 1.165) is 16.7 Å². The van der Waals surface area contributed by atoms with E-state index >= 15 is 0 Å². The summed E-state index contributed by atoms with van der Waals surface area (Å²) in [6.45, 7) is 1.81. The minimum Gasteiger partial charge on any atom is -0.490 e. The lowest BCUT2D eigenvalue weighted by molar-refractivity contribution is -0.123. The van der Waals surface area contributed by atoms with Crippen LogP contribution in [-0.4, -0.2) is 29.3 Å². The van der Waals surface area contributed by atoms with Crippen LogP contribution in [0.5, 0.6) is 11.5 Å². The van der Waals surface area contributed by atoms with Gasteiger partial charge in [-0.25, -0.2) is 4.39 Å². The quantitative estimate of drug-likeness (QED) is 0.556. The fourth-order valence-corrected chi connectivity index (χ4v) is 3.80. The molecule has 0 aliphatic carbocycles.